The van der Waals surface area contributed by atoms with Gasteiger partial charge in [-0.15, -0.1) is 0 Å². The van der Waals surface area contributed by atoms with Crippen molar-refractivity contribution in [2.24, 2.45) is 11.8 Å². The molecule has 1 aliphatic rings. The Bertz CT molecular complexity index is 433. The van der Waals surface area contributed by atoms with Gasteiger partial charge in [-0.25, -0.2) is 0 Å². The molecule has 1 nitrogen and oxygen atoms in total. The van der Waals surface area contributed by atoms with Crippen LogP contribution in [0.5, 0.6) is 0 Å². The van der Waals surface area contributed by atoms with E-state index in [0.29, 0.717) is 17.0 Å². The van der Waals surface area contributed by atoms with E-state index in [4.69, 9.17) is 23.2 Å². The van der Waals surface area contributed by atoms with Crippen molar-refractivity contribution in [3.8, 4) is 0 Å². The third-order valence-electron chi connectivity index (χ3n) is 4.64. The Morgan fingerprint density at radius 2 is 1.95 bits per heavy atom. The summed E-state index contributed by atoms with van der Waals surface area (Å²) in [5, 5.41) is 5.17. The molecule has 1 aromatic carbocycles. The van der Waals surface area contributed by atoms with Crippen LogP contribution in [0.2, 0.25) is 10.0 Å². The van der Waals surface area contributed by atoms with Crippen molar-refractivity contribution >= 4 is 23.2 Å². The lowest BCUT2D eigenvalue weighted by Crippen LogP contribution is -2.34. The number of hydrogen-bond donors (Lipinski definition) is 1. The topological polar surface area (TPSA) is 12.0 Å². The fourth-order valence-corrected chi connectivity index (χ4v) is 4.17. The zero-order valence-corrected chi connectivity index (χ0v) is 14.0. The monoisotopic (exact) mass is 313 g/mol. The van der Waals surface area contributed by atoms with Crippen molar-refractivity contribution in [1.29, 1.82) is 0 Å². The molecule has 2 rings (SSSR count). The van der Waals surface area contributed by atoms with Crippen LogP contribution < -0.4 is 5.32 Å². The highest BCUT2D eigenvalue weighted by atomic mass is 35.5. The van der Waals surface area contributed by atoms with Gasteiger partial charge in [0, 0.05) is 16.1 Å². The molecule has 1 fully saturated rings. The summed E-state index contributed by atoms with van der Waals surface area (Å²) < 4.78 is 0. The van der Waals surface area contributed by atoms with E-state index < -0.39 is 0 Å². The molecule has 0 heterocycles. The summed E-state index contributed by atoms with van der Waals surface area (Å²) in [6, 6.07) is 6.28. The van der Waals surface area contributed by atoms with Crippen LogP contribution in [0.1, 0.15) is 57.6 Å². The molecule has 20 heavy (non-hydrogen) atoms. The Labute approximate surface area is 133 Å². The Kier molecular flexibility index (Phi) is 6.20. The minimum atomic E-state index is 0.356. The van der Waals surface area contributed by atoms with Crippen LogP contribution in [-0.2, 0) is 0 Å². The number of hydrogen-bond acceptors (Lipinski definition) is 1. The van der Waals surface area contributed by atoms with Gasteiger partial charge in [-0.05, 0) is 42.5 Å². The van der Waals surface area contributed by atoms with Crippen LogP contribution in [0, 0.1) is 11.8 Å². The molecule has 0 radical (unpaired) electrons. The van der Waals surface area contributed by atoms with Gasteiger partial charge in [0.2, 0.25) is 0 Å². The van der Waals surface area contributed by atoms with Gasteiger partial charge in [-0.1, -0.05) is 68.8 Å². The summed E-state index contributed by atoms with van der Waals surface area (Å²) >= 11 is 12.5. The van der Waals surface area contributed by atoms with Crippen LogP contribution in [0.3, 0.4) is 0 Å². The van der Waals surface area contributed by atoms with Crippen LogP contribution in [-0.4, -0.2) is 6.54 Å². The number of halogens is 2. The first-order chi connectivity index (χ1) is 9.67. The molecular weight excluding hydrogens is 289 g/mol. The quantitative estimate of drug-likeness (QED) is 0.717. The lowest BCUT2D eigenvalue weighted by molar-refractivity contribution is 0.177. The smallest absolute Gasteiger partial charge is 0.0468 e. The zero-order valence-electron chi connectivity index (χ0n) is 12.5. The largest absolute Gasteiger partial charge is 0.310 e. The molecule has 0 aromatic heterocycles. The number of nitrogens with one attached hydrogen (secondary N) is 1. The van der Waals surface area contributed by atoms with E-state index in [-0.39, 0.29) is 0 Å². The van der Waals surface area contributed by atoms with Crippen LogP contribution >= 0.6 is 23.2 Å². The Balaban J connectivity index is 2.29. The minimum Gasteiger partial charge on any atom is -0.310 e. The van der Waals surface area contributed by atoms with E-state index in [1.807, 2.05) is 12.1 Å². The van der Waals surface area contributed by atoms with E-state index in [9.17, 15) is 0 Å². The SMILES string of the molecule is CCNC(c1ccc(Cl)cc1Cl)C1CCCCC1CC. The van der Waals surface area contributed by atoms with Gasteiger partial charge >= 0.3 is 0 Å². The number of benzene rings is 1. The van der Waals surface area contributed by atoms with Crippen molar-refractivity contribution < 1.29 is 0 Å². The summed E-state index contributed by atoms with van der Waals surface area (Å²) in [6.07, 6.45) is 6.64. The second kappa shape index (κ2) is 7.68. The highest BCUT2D eigenvalue weighted by Gasteiger charge is 2.32. The Morgan fingerprint density at radius 3 is 2.60 bits per heavy atom. The molecule has 0 spiro atoms. The van der Waals surface area contributed by atoms with Crippen molar-refractivity contribution in [2.45, 2.75) is 52.0 Å². The van der Waals surface area contributed by atoms with Crippen LogP contribution in [0.25, 0.3) is 0 Å². The first-order valence-corrected chi connectivity index (χ1v) is 8.61. The first-order valence-electron chi connectivity index (χ1n) is 7.85. The summed E-state index contributed by atoms with van der Waals surface area (Å²) in [4.78, 5) is 0. The predicted octanol–water partition coefficient (Wildman–Crippen LogP) is 5.86. The Morgan fingerprint density at radius 1 is 1.20 bits per heavy atom. The molecule has 0 aliphatic heterocycles. The second-order valence-corrected chi connectivity index (χ2v) is 6.66. The Hall–Kier alpha value is -0.240. The summed E-state index contributed by atoms with van der Waals surface area (Å²) in [5.74, 6) is 1.49. The molecular formula is C17H25Cl2N. The molecule has 1 aromatic rings. The van der Waals surface area contributed by atoms with Crippen molar-refractivity contribution in [3.05, 3.63) is 33.8 Å². The molecule has 1 saturated carbocycles. The molecule has 3 heteroatoms. The van der Waals surface area contributed by atoms with E-state index >= 15 is 0 Å². The summed E-state index contributed by atoms with van der Waals surface area (Å²) in [7, 11) is 0. The van der Waals surface area contributed by atoms with E-state index in [1.165, 1.54) is 37.7 Å². The van der Waals surface area contributed by atoms with Gasteiger partial charge in [0.05, 0.1) is 0 Å². The molecule has 1 aliphatic carbocycles. The standard InChI is InChI=1S/C17H25Cl2N/c1-3-12-7-5-6-8-14(12)17(20-4-2)15-10-9-13(18)11-16(15)19/h9-12,14,17,20H,3-8H2,1-2H3. The lowest BCUT2D eigenvalue weighted by Gasteiger charge is -2.38. The van der Waals surface area contributed by atoms with Crippen LogP contribution in [0.4, 0.5) is 0 Å². The fraction of sp³-hybridized carbons (Fsp3) is 0.647. The van der Waals surface area contributed by atoms with Gasteiger partial charge < -0.3 is 5.32 Å². The minimum absolute atomic E-state index is 0.356. The summed E-state index contributed by atoms with van der Waals surface area (Å²) in [5.41, 5.74) is 1.21. The lowest BCUT2D eigenvalue weighted by atomic mass is 9.72. The fourth-order valence-electron chi connectivity index (χ4n) is 3.65. The molecule has 3 atom stereocenters. The maximum atomic E-state index is 6.45. The molecule has 3 unspecified atom stereocenters. The van der Waals surface area contributed by atoms with Gasteiger partial charge in [0.1, 0.15) is 0 Å². The van der Waals surface area contributed by atoms with E-state index in [0.717, 1.165) is 17.5 Å². The predicted molar refractivity (Wildman–Crippen MR) is 88.6 cm³/mol. The van der Waals surface area contributed by atoms with E-state index in [1.54, 1.807) is 0 Å². The van der Waals surface area contributed by atoms with Gasteiger partial charge in [0.15, 0.2) is 0 Å². The number of rotatable bonds is 5. The van der Waals surface area contributed by atoms with Crippen LogP contribution in [0.15, 0.2) is 18.2 Å². The maximum absolute atomic E-state index is 6.45. The third-order valence-corrected chi connectivity index (χ3v) is 5.20. The molecule has 112 valence electrons. The summed E-state index contributed by atoms with van der Waals surface area (Å²) in [6.45, 7) is 5.45. The molecule has 1 N–H and O–H groups in total. The molecule has 0 amide bonds. The van der Waals surface area contributed by atoms with E-state index in [2.05, 4.69) is 25.2 Å². The van der Waals surface area contributed by atoms with Crippen molar-refractivity contribution in [3.63, 3.8) is 0 Å². The highest BCUT2D eigenvalue weighted by Crippen LogP contribution is 2.42. The van der Waals surface area contributed by atoms with Gasteiger partial charge in [0.25, 0.3) is 0 Å². The molecule has 0 bridgehead atoms. The second-order valence-electron chi connectivity index (χ2n) is 5.82. The van der Waals surface area contributed by atoms with Gasteiger partial charge in [-0.2, -0.15) is 0 Å². The average Bonchev–Trinajstić information content (AvgIpc) is 2.45. The zero-order chi connectivity index (χ0) is 14.5. The van der Waals surface area contributed by atoms with Crippen molar-refractivity contribution in [1.82, 2.24) is 5.32 Å². The normalized spacial score (nSPS) is 24.6. The average molecular weight is 314 g/mol. The third kappa shape index (κ3) is 3.69. The maximum Gasteiger partial charge on any atom is 0.0468 e. The van der Waals surface area contributed by atoms with Crippen molar-refractivity contribution in [2.75, 3.05) is 6.54 Å². The van der Waals surface area contributed by atoms with Gasteiger partial charge in [-0.3, -0.25) is 0 Å². The molecule has 0 saturated heterocycles. The first kappa shape index (κ1) is 16.1. The highest BCUT2D eigenvalue weighted by molar-refractivity contribution is 6.35.